The van der Waals surface area contributed by atoms with Crippen LogP contribution < -0.4 is 0 Å². The number of rotatable bonds is 7. The number of fused-ring (bicyclic) bond motifs is 8. The fourth-order valence-electron chi connectivity index (χ4n) is 10.3. The third-order valence-electron chi connectivity index (χ3n) is 13.1. The molecule has 1 heteroatoms. The zero-order valence-corrected chi connectivity index (χ0v) is 34.1. The van der Waals surface area contributed by atoms with E-state index in [0.29, 0.717) is 0 Å². The molecule has 0 bridgehead atoms. The van der Waals surface area contributed by atoms with Gasteiger partial charge in [-0.15, -0.1) is 0 Å². The molecule has 1 aliphatic rings. The fraction of sp³-hybridized carbons (Fsp3) is 0.0164. The van der Waals surface area contributed by atoms with Crippen LogP contribution in [0.2, 0.25) is 0 Å². The van der Waals surface area contributed by atoms with Crippen LogP contribution in [0.15, 0.2) is 243 Å². The molecule has 0 saturated heterocycles. The van der Waals surface area contributed by atoms with E-state index >= 15 is 0 Å². The first-order valence-electron chi connectivity index (χ1n) is 21.5. The maximum absolute atomic E-state index is 2.51. The molecule has 0 saturated carbocycles. The maximum atomic E-state index is 2.51. The zero-order valence-electron chi connectivity index (χ0n) is 34.1. The SMILES string of the molecule is C(=C(c1ccccc1)c1cccc(-c2ccc3c4c5ccccc5ccc4n(-c4ccc5c(c4)C(c4ccccc4)(c4ccccc4)c4ccccc4-5)c3c2)c1)c1ccccc1. The summed E-state index contributed by atoms with van der Waals surface area (Å²) in [5.41, 5.74) is 17.8. The first-order valence-corrected chi connectivity index (χ1v) is 21.5. The minimum absolute atomic E-state index is 0.495. The second-order valence-electron chi connectivity index (χ2n) is 16.4. The van der Waals surface area contributed by atoms with Gasteiger partial charge in [-0.2, -0.15) is 0 Å². The molecule has 12 rings (SSSR count). The summed E-state index contributed by atoms with van der Waals surface area (Å²) in [6.45, 7) is 0. The summed E-state index contributed by atoms with van der Waals surface area (Å²) in [6.07, 6.45) is 2.30. The Balaban J connectivity index is 1.10. The van der Waals surface area contributed by atoms with Crippen molar-refractivity contribution < 1.29 is 0 Å². The third-order valence-corrected chi connectivity index (χ3v) is 13.1. The Hall–Kier alpha value is -8.00. The summed E-state index contributed by atoms with van der Waals surface area (Å²) in [5, 5.41) is 5.02. The quantitative estimate of drug-likeness (QED) is 0.142. The van der Waals surface area contributed by atoms with Crippen LogP contribution in [-0.4, -0.2) is 4.57 Å². The van der Waals surface area contributed by atoms with Crippen molar-refractivity contribution in [3.63, 3.8) is 0 Å². The molecule has 0 aliphatic heterocycles. The van der Waals surface area contributed by atoms with Gasteiger partial charge in [0.05, 0.1) is 16.4 Å². The molecule has 0 amide bonds. The second-order valence-corrected chi connectivity index (χ2v) is 16.4. The molecular formula is C61H41N. The van der Waals surface area contributed by atoms with E-state index in [9.17, 15) is 0 Å². The number of aromatic nitrogens is 1. The first kappa shape index (κ1) is 35.9. The molecule has 0 radical (unpaired) electrons. The molecular weight excluding hydrogens is 747 g/mol. The molecule has 11 aromatic rings. The van der Waals surface area contributed by atoms with E-state index in [0.717, 1.165) is 5.69 Å². The molecule has 0 N–H and O–H groups in total. The molecule has 0 spiro atoms. The Bertz CT molecular complexity index is 3450. The van der Waals surface area contributed by atoms with Crippen LogP contribution in [0.1, 0.15) is 38.9 Å². The fourth-order valence-corrected chi connectivity index (χ4v) is 10.3. The van der Waals surface area contributed by atoms with Crippen LogP contribution in [0.5, 0.6) is 0 Å². The van der Waals surface area contributed by atoms with Gasteiger partial charge in [-0.05, 0) is 114 Å². The van der Waals surface area contributed by atoms with Crippen LogP contribution in [0, 0.1) is 0 Å². The number of hydrogen-bond donors (Lipinski definition) is 0. The molecule has 1 aromatic heterocycles. The lowest BCUT2D eigenvalue weighted by atomic mass is 9.67. The summed E-state index contributed by atoms with van der Waals surface area (Å²) < 4.78 is 2.51. The molecule has 1 aliphatic carbocycles. The Morgan fingerprint density at radius 3 is 1.79 bits per heavy atom. The highest BCUT2D eigenvalue weighted by Gasteiger charge is 2.46. The lowest BCUT2D eigenvalue weighted by Crippen LogP contribution is -2.28. The number of benzene rings is 10. The summed E-state index contributed by atoms with van der Waals surface area (Å²) in [5.74, 6) is 0. The lowest BCUT2D eigenvalue weighted by molar-refractivity contribution is 0.767. The summed E-state index contributed by atoms with van der Waals surface area (Å²) in [4.78, 5) is 0. The lowest BCUT2D eigenvalue weighted by Gasteiger charge is -2.34. The van der Waals surface area contributed by atoms with Gasteiger partial charge in [0, 0.05) is 16.5 Å². The summed E-state index contributed by atoms with van der Waals surface area (Å²) in [6, 6.07) is 89.2. The Morgan fingerprint density at radius 1 is 0.387 bits per heavy atom. The van der Waals surface area contributed by atoms with Crippen LogP contribution in [0.3, 0.4) is 0 Å². The van der Waals surface area contributed by atoms with Gasteiger partial charge < -0.3 is 4.57 Å². The number of hydrogen-bond acceptors (Lipinski definition) is 0. The molecule has 0 unspecified atom stereocenters. The highest BCUT2D eigenvalue weighted by molar-refractivity contribution is 6.21. The zero-order chi connectivity index (χ0) is 41.0. The normalized spacial score (nSPS) is 13.1. The van der Waals surface area contributed by atoms with Crippen molar-refractivity contribution in [1.29, 1.82) is 0 Å². The van der Waals surface area contributed by atoms with Gasteiger partial charge in [-0.1, -0.05) is 212 Å². The summed E-state index contributed by atoms with van der Waals surface area (Å²) in [7, 11) is 0. The average molecular weight is 788 g/mol. The molecule has 290 valence electrons. The van der Waals surface area contributed by atoms with Crippen molar-refractivity contribution in [2.75, 3.05) is 0 Å². The van der Waals surface area contributed by atoms with Crippen molar-refractivity contribution in [2.45, 2.75) is 5.41 Å². The highest BCUT2D eigenvalue weighted by atomic mass is 15.0. The van der Waals surface area contributed by atoms with Gasteiger partial charge in [0.25, 0.3) is 0 Å². The average Bonchev–Trinajstić information content (AvgIpc) is 3.85. The van der Waals surface area contributed by atoms with E-state index in [1.807, 2.05) is 0 Å². The van der Waals surface area contributed by atoms with Crippen LogP contribution in [0.4, 0.5) is 0 Å². The Kier molecular flexibility index (Phi) is 8.47. The molecule has 1 heterocycles. The van der Waals surface area contributed by atoms with Crippen molar-refractivity contribution in [3.05, 3.63) is 282 Å². The van der Waals surface area contributed by atoms with Crippen molar-refractivity contribution in [3.8, 4) is 27.9 Å². The smallest absolute Gasteiger partial charge is 0.0714 e. The Morgan fingerprint density at radius 2 is 1.02 bits per heavy atom. The largest absolute Gasteiger partial charge is 0.309 e. The number of nitrogens with zero attached hydrogens (tertiary/aromatic N) is 1. The molecule has 10 aromatic carbocycles. The van der Waals surface area contributed by atoms with Gasteiger partial charge in [0.1, 0.15) is 0 Å². The standard InChI is InChI=1S/C61H41N/c1-5-18-42(19-6-1)38-55(43-20-7-2-8-21-43)47-24-17-23-45(39-47)46-32-35-54-59(40-46)62(58-37-33-44-22-13-14-29-51(44)60(54)58)50-34-36-53-52-30-15-16-31-56(52)61(57(53)41-50,48-25-9-3-10-26-48)49-27-11-4-12-28-49/h1-41H. The predicted molar refractivity (Wildman–Crippen MR) is 261 cm³/mol. The van der Waals surface area contributed by atoms with E-state index < -0.39 is 5.41 Å². The first-order chi connectivity index (χ1) is 30.8. The van der Waals surface area contributed by atoms with Crippen molar-refractivity contribution in [2.24, 2.45) is 0 Å². The van der Waals surface area contributed by atoms with E-state index in [4.69, 9.17) is 0 Å². The molecule has 0 atom stereocenters. The summed E-state index contributed by atoms with van der Waals surface area (Å²) >= 11 is 0. The van der Waals surface area contributed by atoms with Crippen molar-refractivity contribution >= 4 is 44.2 Å². The van der Waals surface area contributed by atoms with Crippen LogP contribution in [0.25, 0.3) is 72.2 Å². The van der Waals surface area contributed by atoms with Gasteiger partial charge in [0.15, 0.2) is 0 Å². The minimum atomic E-state index is -0.495. The topological polar surface area (TPSA) is 4.93 Å². The monoisotopic (exact) mass is 787 g/mol. The van der Waals surface area contributed by atoms with Gasteiger partial charge in [-0.25, -0.2) is 0 Å². The second kappa shape index (κ2) is 14.6. The van der Waals surface area contributed by atoms with E-state index in [-0.39, 0.29) is 0 Å². The molecule has 0 fully saturated rings. The minimum Gasteiger partial charge on any atom is -0.309 e. The van der Waals surface area contributed by atoms with Gasteiger partial charge in [0.2, 0.25) is 0 Å². The maximum Gasteiger partial charge on any atom is 0.0714 e. The van der Waals surface area contributed by atoms with Crippen molar-refractivity contribution in [1.82, 2.24) is 4.57 Å². The molecule has 62 heavy (non-hydrogen) atoms. The van der Waals surface area contributed by atoms with E-state index in [1.54, 1.807) is 0 Å². The van der Waals surface area contributed by atoms with E-state index in [1.165, 1.54) is 99.3 Å². The van der Waals surface area contributed by atoms with Crippen LogP contribution >= 0.6 is 0 Å². The van der Waals surface area contributed by atoms with Gasteiger partial charge >= 0.3 is 0 Å². The van der Waals surface area contributed by atoms with E-state index in [2.05, 4.69) is 253 Å². The predicted octanol–water partition coefficient (Wildman–Crippen LogP) is 15.6. The third kappa shape index (κ3) is 5.63. The van der Waals surface area contributed by atoms with Crippen LogP contribution in [-0.2, 0) is 5.41 Å². The molecule has 1 nitrogen and oxygen atoms in total. The highest BCUT2D eigenvalue weighted by Crippen LogP contribution is 2.56. The Labute approximate surface area is 362 Å². The van der Waals surface area contributed by atoms with Gasteiger partial charge in [-0.3, -0.25) is 0 Å².